The van der Waals surface area contributed by atoms with E-state index in [9.17, 15) is 14.0 Å². The van der Waals surface area contributed by atoms with Crippen molar-refractivity contribution in [2.24, 2.45) is 5.92 Å². The number of nitrogens with one attached hydrogen (secondary N) is 2. The minimum atomic E-state index is -0.341. The van der Waals surface area contributed by atoms with Crippen LogP contribution in [-0.2, 0) is 11.2 Å². The van der Waals surface area contributed by atoms with Gasteiger partial charge in [-0.25, -0.2) is 9.18 Å². The molecular weight excluding hydrogens is 401 g/mol. The molecule has 2 N–H and O–H groups in total. The van der Waals surface area contributed by atoms with E-state index >= 15 is 0 Å². The number of anilines is 1. The summed E-state index contributed by atoms with van der Waals surface area (Å²) in [4.78, 5) is 26.4. The molecule has 166 valence electrons. The Morgan fingerprint density at radius 3 is 2.35 bits per heavy atom. The zero-order valence-electron chi connectivity index (χ0n) is 17.8. The van der Waals surface area contributed by atoms with E-state index in [1.165, 1.54) is 24.3 Å². The summed E-state index contributed by atoms with van der Waals surface area (Å²) in [7, 11) is 3.13. The second-order valence-corrected chi connectivity index (χ2v) is 7.54. The molecule has 0 unspecified atom stereocenters. The lowest BCUT2D eigenvalue weighted by Gasteiger charge is -2.32. The lowest BCUT2D eigenvalue weighted by molar-refractivity contribution is -0.120. The van der Waals surface area contributed by atoms with E-state index in [2.05, 4.69) is 10.6 Å². The van der Waals surface area contributed by atoms with Crippen molar-refractivity contribution in [2.45, 2.75) is 19.3 Å². The van der Waals surface area contributed by atoms with Gasteiger partial charge in [-0.05, 0) is 60.7 Å². The van der Waals surface area contributed by atoms with Crippen LogP contribution in [0.5, 0.6) is 11.5 Å². The van der Waals surface area contributed by atoms with Gasteiger partial charge in [0.25, 0.3) is 0 Å². The Morgan fingerprint density at radius 1 is 1.03 bits per heavy atom. The van der Waals surface area contributed by atoms with Crippen molar-refractivity contribution in [3.05, 3.63) is 53.8 Å². The Labute approximate surface area is 181 Å². The summed E-state index contributed by atoms with van der Waals surface area (Å²) in [5.41, 5.74) is 1.42. The average Bonchev–Trinajstić information content (AvgIpc) is 2.79. The van der Waals surface area contributed by atoms with Crippen LogP contribution in [0.1, 0.15) is 18.4 Å². The van der Waals surface area contributed by atoms with Crippen LogP contribution in [0, 0.1) is 11.7 Å². The Bertz CT molecular complexity index is 896. The minimum Gasteiger partial charge on any atom is -0.493 e. The van der Waals surface area contributed by atoms with Gasteiger partial charge >= 0.3 is 6.03 Å². The lowest BCUT2D eigenvalue weighted by atomic mass is 9.97. The third kappa shape index (κ3) is 6.34. The van der Waals surface area contributed by atoms with Crippen molar-refractivity contribution in [3.8, 4) is 11.5 Å². The second-order valence-electron chi connectivity index (χ2n) is 7.54. The van der Waals surface area contributed by atoms with Gasteiger partial charge < -0.3 is 25.0 Å². The number of rotatable bonds is 7. The third-order valence-electron chi connectivity index (χ3n) is 5.40. The number of nitrogens with zero attached hydrogens (tertiary/aromatic N) is 1. The number of likely N-dealkylation sites (tertiary alicyclic amines) is 1. The quantitative estimate of drug-likeness (QED) is 0.707. The smallest absolute Gasteiger partial charge is 0.321 e. The predicted octanol–water partition coefficient (Wildman–Crippen LogP) is 3.45. The molecule has 0 spiro atoms. The van der Waals surface area contributed by atoms with E-state index in [-0.39, 0.29) is 24.2 Å². The molecule has 31 heavy (non-hydrogen) atoms. The highest BCUT2D eigenvalue weighted by Crippen LogP contribution is 2.27. The van der Waals surface area contributed by atoms with Gasteiger partial charge in [-0.15, -0.1) is 0 Å². The Hall–Kier alpha value is -3.29. The lowest BCUT2D eigenvalue weighted by Crippen LogP contribution is -2.43. The number of urea groups is 1. The normalized spacial score (nSPS) is 14.1. The van der Waals surface area contributed by atoms with E-state index in [1.54, 1.807) is 31.3 Å². The molecule has 0 aromatic heterocycles. The average molecular weight is 429 g/mol. The van der Waals surface area contributed by atoms with Crippen LogP contribution < -0.4 is 20.1 Å². The monoisotopic (exact) mass is 429 g/mol. The number of hydrogen-bond donors (Lipinski definition) is 2. The fraction of sp³-hybridized carbons (Fsp3) is 0.391. The predicted molar refractivity (Wildman–Crippen MR) is 116 cm³/mol. The van der Waals surface area contributed by atoms with Crippen LogP contribution in [0.2, 0.25) is 0 Å². The topological polar surface area (TPSA) is 79.9 Å². The molecule has 0 radical (unpaired) electrons. The maximum atomic E-state index is 13.0. The zero-order valence-corrected chi connectivity index (χ0v) is 17.8. The van der Waals surface area contributed by atoms with Crippen LogP contribution in [-0.4, -0.2) is 50.7 Å². The summed E-state index contributed by atoms with van der Waals surface area (Å²) >= 11 is 0. The molecule has 1 aliphatic heterocycles. The summed E-state index contributed by atoms with van der Waals surface area (Å²) in [5.74, 6) is 1.15. The van der Waals surface area contributed by atoms with Gasteiger partial charge in [0.1, 0.15) is 5.82 Å². The number of amides is 3. The number of methoxy groups -OCH3 is 2. The maximum Gasteiger partial charge on any atom is 0.321 e. The molecule has 1 saturated heterocycles. The fourth-order valence-corrected chi connectivity index (χ4v) is 3.57. The molecule has 2 aromatic rings. The molecule has 1 fully saturated rings. The van der Waals surface area contributed by atoms with Crippen molar-refractivity contribution < 1.29 is 23.5 Å². The minimum absolute atomic E-state index is 0.0521. The number of ether oxygens (including phenoxy) is 2. The van der Waals surface area contributed by atoms with Crippen molar-refractivity contribution >= 4 is 17.6 Å². The summed E-state index contributed by atoms with van der Waals surface area (Å²) in [6, 6.07) is 10.9. The Balaban J connectivity index is 1.40. The van der Waals surface area contributed by atoms with Gasteiger partial charge in [-0.1, -0.05) is 6.07 Å². The van der Waals surface area contributed by atoms with Crippen molar-refractivity contribution in [1.82, 2.24) is 10.2 Å². The first-order valence-corrected chi connectivity index (χ1v) is 10.3. The van der Waals surface area contributed by atoms with Gasteiger partial charge in [0, 0.05) is 25.3 Å². The zero-order chi connectivity index (χ0) is 22.2. The first kappa shape index (κ1) is 22.4. The van der Waals surface area contributed by atoms with E-state index in [1.807, 2.05) is 6.07 Å². The maximum absolute atomic E-state index is 13.0. The first-order valence-electron chi connectivity index (χ1n) is 10.3. The van der Waals surface area contributed by atoms with Gasteiger partial charge in [0.15, 0.2) is 11.5 Å². The largest absolute Gasteiger partial charge is 0.493 e. The molecule has 0 saturated carbocycles. The number of benzene rings is 2. The van der Waals surface area contributed by atoms with E-state index in [0.29, 0.717) is 42.7 Å². The third-order valence-corrected chi connectivity index (χ3v) is 5.40. The van der Waals surface area contributed by atoms with E-state index in [0.717, 1.165) is 18.4 Å². The van der Waals surface area contributed by atoms with Crippen LogP contribution in [0.3, 0.4) is 0 Å². The SMILES string of the molecule is COc1ccc(CC(=O)NCC2CCN(C(=O)Nc3ccc(F)cc3)CC2)cc1OC. The summed E-state index contributed by atoms with van der Waals surface area (Å²) < 4.78 is 23.5. The number of halogens is 1. The van der Waals surface area contributed by atoms with Gasteiger partial charge in [0.05, 0.1) is 20.6 Å². The highest BCUT2D eigenvalue weighted by atomic mass is 19.1. The summed E-state index contributed by atoms with van der Waals surface area (Å²) in [6.45, 7) is 1.81. The molecule has 0 atom stereocenters. The number of carbonyl (C=O) groups is 2. The molecule has 3 rings (SSSR count). The Kier molecular flexibility index (Phi) is 7.70. The van der Waals surface area contributed by atoms with Gasteiger partial charge in [-0.3, -0.25) is 4.79 Å². The fourth-order valence-electron chi connectivity index (χ4n) is 3.57. The Morgan fingerprint density at radius 2 is 1.71 bits per heavy atom. The highest BCUT2D eigenvalue weighted by molar-refractivity contribution is 5.89. The van der Waals surface area contributed by atoms with Crippen LogP contribution in [0.4, 0.5) is 14.9 Å². The standard InChI is InChI=1S/C23H28FN3O4/c1-30-20-8-3-17(13-21(20)31-2)14-22(28)25-15-16-9-11-27(12-10-16)23(29)26-19-6-4-18(24)5-7-19/h3-8,13,16H,9-12,14-15H2,1-2H3,(H,25,28)(H,26,29). The first-order chi connectivity index (χ1) is 15.0. The molecule has 1 heterocycles. The molecule has 1 aliphatic rings. The van der Waals surface area contributed by atoms with Gasteiger partial charge in [-0.2, -0.15) is 0 Å². The van der Waals surface area contributed by atoms with Gasteiger partial charge in [0.2, 0.25) is 5.91 Å². The molecule has 0 bridgehead atoms. The summed E-state index contributed by atoms with van der Waals surface area (Å²) in [5, 5.41) is 5.77. The van der Waals surface area contributed by atoms with E-state index in [4.69, 9.17) is 9.47 Å². The molecule has 2 aromatic carbocycles. The second kappa shape index (κ2) is 10.7. The number of hydrogen-bond acceptors (Lipinski definition) is 4. The van der Waals surface area contributed by atoms with Crippen LogP contribution in [0.25, 0.3) is 0 Å². The van der Waals surface area contributed by atoms with Crippen molar-refractivity contribution in [3.63, 3.8) is 0 Å². The molecule has 8 heteroatoms. The molecular formula is C23H28FN3O4. The molecule has 0 aliphatic carbocycles. The molecule has 7 nitrogen and oxygen atoms in total. The van der Waals surface area contributed by atoms with E-state index < -0.39 is 0 Å². The van der Waals surface area contributed by atoms with Crippen molar-refractivity contribution in [2.75, 3.05) is 39.2 Å². The van der Waals surface area contributed by atoms with Crippen molar-refractivity contribution in [1.29, 1.82) is 0 Å². The highest BCUT2D eigenvalue weighted by Gasteiger charge is 2.23. The van der Waals surface area contributed by atoms with Crippen LogP contribution >= 0.6 is 0 Å². The number of piperidine rings is 1. The number of carbonyl (C=O) groups excluding carboxylic acids is 2. The van der Waals surface area contributed by atoms with Crippen LogP contribution in [0.15, 0.2) is 42.5 Å². The molecule has 3 amide bonds. The summed E-state index contributed by atoms with van der Waals surface area (Å²) in [6.07, 6.45) is 1.89.